The molecule has 5 nitrogen and oxygen atoms in total. The van der Waals surface area contributed by atoms with Crippen LogP contribution in [0.4, 0.5) is 0 Å². The van der Waals surface area contributed by atoms with E-state index in [1.807, 2.05) is 25.7 Å². The van der Waals surface area contributed by atoms with Gasteiger partial charge in [-0.3, -0.25) is 14.9 Å². The molecule has 5 heteroatoms. The van der Waals surface area contributed by atoms with Crippen LogP contribution in [0.25, 0.3) is 0 Å². The Morgan fingerprint density at radius 2 is 1.45 bits per heavy atom. The molecule has 1 aliphatic heterocycles. The Morgan fingerprint density at radius 3 is 1.95 bits per heavy atom. The Hall–Kier alpha value is -1.10. The van der Waals surface area contributed by atoms with Gasteiger partial charge in [-0.25, -0.2) is 0 Å². The first-order valence-electron chi connectivity index (χ1n) is 7.77. The minimum Gasteiger partial charge on any atom is -0.353 e. The van der Waals surface area contributed by atoms with E-state index in [4.69, 9.17) is 0 Å². The zero-order chi connectivity index (χ0) is 15.1. The van der Waals surface area contributed by atoms with E-state index in [0.29, 0.717) is 0 Å². The van der Waals surface area contributed by atoms with E-state index in [0.717, 1.165) is 25.9 Å². The highest BCUT2D eigenvalue weighted by Gasteiger charge is 2.24. The molecule has 0 saturated carbocycles. The summed E-state index contributed by atoms with van der Waals surface area (Å²) in [5.74, 6) is 0.0478. The number of hydrogen-bond acceptors (Lipinski definition) is 3. The topological polar surface area (TPSA) is 61.4 Å². The summed E-state index contributed by atoms with van der Waals surface area (Å²) in [6, 6.07) is -0.562. The molecule has 1 heterocycles. The Bertz CT molecular complexity index is 323. The monoisotopic (exact) mass is 283 g/mol. The maximum atomic E-state index is 12.4. The standard InChI is InChI=1S/C15H29N3O2/c1-11(2)16-14(19)12(3)17-13(4)15(20)18-9-7-5-6-8-10-18/h11-13,17H,5-10H2,1-4H3,(H,16,19). The van der Waals surface area contributed by atoms with E-state index < -0.39 is 0 Å². The van der Waals surface area contributed by atoms with Crippen LogP contribution in [0.3, 0.4) is 0 Å². The number of amides is 2. The third-order valence-electron chi connectivity index (χ3n) is 3.61. The van der Waals surface area contributed by atoms with Gasteiger partial charge in [-0.1, -0.05) is 12.8 Å². The number of hydrogen-bond donors (Lipinski definition) is 2. The van der Waals surface area contributed by atoms with Crippen LogP contribution in [-0.2, 0) is 9.59 Å². The van der Waals surface area contributed by atoms with Crippen LogP contribution in [0.15, 0.2) is 0 Å². The number of carbonyl (C=O) groups is 2. The number of nitrogens with one attached hydrogen (secondary N) is 2. The highest BCUT2D eigenvalue weighted by Crippen LogP contribution is 2.10. The molecule has 0 aromatic heterocycles. The van der Waals surface area contributed by atoms with Crippen LogP contribution in [0.1, 0.15) is 53.4 Å². The fraction of sp³-hybridized carbons (Fsp3) is 0.867. The molecule has 0 aromatic carbocycles. The van der Waals surface area contributed by atoms with Crippen molar-refractivity contribution in [3.63, 3.8) is 0 Å². The highest BCUT2D eigenvalue weighted by atomic mass is 16.2. The van der Waals surface area contributed by atoms with Crippen LogP contribution in [0.5, 0.6) is 0 Å². The molecular formula is C15H29N3O2. The van der Waals surface area contributed by atoms with E-state index >= 15 is 0 Å². The summed E-state index contributed by atoms with van der Waals surface area (Å²) in [6.45, 7) is 9.18. The lowest BCUT2D eigenvalue weighted by atomic mass is 10.2. The van der Waals surface area contributed by atoms with Crippen molar-refractivity contribution >= 4 is 11.8 Å². The Labute approximate surface area is 122 Å². The van der Waals surface area contributed by atoms with Crippen molar-refractivity contribution < 1.29 is 9.59 Å². The van der Waals surface area contributed by atoms with Gasteiger partial charge in [-0.05, 0) is 40.5 Å². The minimum absolute atomic E-state index is 0.0597. The van der Waals surface area contributed by atoms with Gasteiger partial charge < -0.3 is 10.2 Å². The fourth-order valence-corrected chi connectivity index (χ4v) is 2.50. The number of carbonyl (C=O) groups excluding carboxylic acids is 2. The first-order chi connectivity index (χ1) is 9.41. The maximum Gasteiger partial charge on any atom is 0.239 e. The summed E-state index contributed by atoms with van der Waals surface area (Å²) < 4.78 is 0. The predicted octanol–water partition coefficient (Wildman–Crippen LogP) is 1.28. The van der Waals surface area contributed by atoms with Crippen LogP contribution < -0.4 is 10.6 Å². The van der Waals surface area contributed by atoms with E-state index in [9.17, 15) is 9.59 Å². The van der Waals surface area contributed by atoms with Crippen molar-refractivity contribution in [1.82, 2.24) is 15.5 Å². The summed E-state index contributed by atoms with van der Waals surface area (Å²) in [4.78, 5) is 26.1. The zero-order valence-corrected chi connectivity index (χ0v) is 13.2. The second-order valence-electron chi connectivity index (χ2n) is 6.01. The molecule has 2 unspecified atom stereocenters. The van der Waals surface area contributed by atoms with E-state index in [2.05, 4.69) is 10.6 Å². The number of rotatable bonds is 5. The van der Waals surface area contributed by atoms with E-state index in [1.54, 1.807) is 6.92 Å². The summed E-state index contributed by atoms with van der Waals surface area (Å²) in [6.07, 6.45) is 4.58. The third-order valence-corrected chi connectivity index (χ3v) is 3.61. The molecule has 1 fully saturated rings. The molecule has 0 spiro atoms. The Morgan fingerprint density at radius 1 is 0.900 bits per heavy atom. The first kappa shape index (κ1) is 17.0. The lowest BCUT2D eigenvalue weighted by molar-refractivity contribution is -0.133. The van der Waals surface area contributed by atoms with Crippen molar-refractivity contribution in [2.75, 3.05) is 13.1 Å². The summed E-state index contributed by atoms with van der Waals surface area (Å²) in [5, 5.41) is 5.95. The highest BCUT2D eigenvalue weighted by molar-refractivity contribution is 5.85. The molecule has 1 saturated heterocycles. The van der Waals surface area contributed by atoms with Crippen molar-refractivity contribution in [3.8, 4) is 0 Å². The van der Waals surface area contributed by atoms with Gasteiger partial charge in [0, 0.05) is 19.1 Å². The predicted molar refractivity (Wildman–Crippen MR) is 80.4 cm³/mol. The van der Waals surface area contributed by atoms with Gasteiger partial charge in [0.15, 0.2) is 0 Å². The van der Waals surface area contributed by atoms with Gasteiger partial charge in [0.1, 0.15) is 0 Å². The van der Waals surface area contributed by atoms with Gasteiger partial charge in [-0.15, -0.1) is 0 Å². The zero-order valence-electron chi connectivity index (χ0n) is 13.2. The van der Waals surface area contributed by atoms with Crippen molar-refractivity contribution in [1.29, 1.82) is 0 Å². The maximum absolute atomic E-state index is 12.4. The average molecular weight is 283 g/mol. The quantitative estimate of drug-likeness (QED) is 0.799. The molecule has 0 radical (unpaired) electrons. The van der Waals surface area contributed by atoms with E-state index in [1.165, 1.54) is 12.8 Å². The molecule has 1 aliphatic rings. The lowest BCUT2D eigenvalue weighted by Crippen LogP contribution is -2.53. The minimum atomic E-state index is -0.358. The molecule has 2 N–H and O–H groups in total. The lowest BCUT2D eigenvalue weighted by Gasteiger charge is -2.26. The van der Waals surface area contributed by atoms with Gasteiger partial charge in [-0.2, -0.15) is 0 Å². The van der Waals surface area contributed by atoms with Crippen molar-refractivity contribution in [3.05, 3.63) is 0 Å². The second kappa shape index (κ2) is 8.25. The molecule has 2 atom stereocenters. The summed E-state index contributed by atoms with van der Waals surface area (Å²) in [5.41, 5.74) is 0. The smallest absolute Gasteiger partial charge is 0.239 e. The second-order valence-corrected chi connectivity index (χ2v) is 6.01. The third kappa shape index (κ3) is 5.49. The van der Waals surface area contributed by atoms with Gasteiger partial charge in [0.2, 0.25) is 11.8 Å². The van der Waals surface area contributed by atoms with Gasteiger partial charge in [0.05, 0.1) is 12.1 Å². The number of nitrogens with zero attached hydrogens (tertiary/aromatic N) is 1. The fourth-order valence-electron chi connectivity index (χ4n) is 2.50. The molecule has 2 amide bonds. The molecule has 116 valence electrons. The van der Waals surface area contributed by atoms with Crippen LogP contribution in [0.2, 0.25) is 0 Å². The van der Waals surface area contributed by atoms with Crippen molar-refractivity contribution in [2.24, 2.45) is 0 Å². The molecule has 0 aliphatic carbocycles. The number of likely N-dealkylation sites (tertiary alicyclic amines) is 1. The molecule has 20 heavy (non-hydrogen) atoms. The van der Waals surface area contributed by atoms with Crippen LogP contribution in [0, 0.1) is 0 Å². The Balaban J connectivity index is 2.45. The molecular weight excluding hydrogens is 254 g/mol. The van der Waals surface area contributed by atoms with Crippen LogP contribution in [-0.4, -0.2) is 47.9 Å². The largest absolute Gasteiger partial charge is 0.353 e. The van der Waals surface area contributed by atoms with Crippen LogP contribution >= 0.6 is 0 Å². The average Bonchev–Trinajstić information content (AvgIpc) is 2.65. The first-order valence-corrected chi connectivity index (χ1v) is 7.77. The molecule has 0 aromatic rings. The van der Waals surface area contributed by atoms with E-state index in [-0.39, 0.29) is 29.9 Å². The Kier molecular flexibility index (Phi) is 6.99. The summed E-state index contributed by atoms with van der Waals surface area (Å²) >= 11 is 0. The molecule has 1 rings (SSSR count). The van der Waals surface area contributed by atoms with Gasteiger partial charge in [0.25, 0.3) is 0 Å². The van der Waals surface area contributed by atoms with Gasteiger partial charge >= 0.3 is 0 Å². The molecule has 0 bridgehead atoms. The summed E-state index contributed by atoms with van der Waals surface area (Å²) in [7, 11) is 0. The SMILES string of the molecule is CC(C)NC(=O)C(C)NC(C)C(=O)N1CCCCCC1. The normalized spacial score (nSPS) is 19.4. The van der Waals surface area contributed by atoms with Crippen molar-refractivity contribution in [2.45, 2.75) is 71.5 Å².